The summed E-state index contributed by atoms with van der Waals surface area (Å²) in [6.45, 7) is 1.75. The lowest BCUT2D eigenvalue weighted by Gasteiger charge is -2.30. The van der Waals surface area contributed by atoms with Crippen LogP contribution < -0.4 is 5.32 Å². The number of halogens is 2. The van der Waals surface area contributed by atoms with E-state index in [9.17, 15) is 0 Å². The molecule has 0 bridgehead atoms. The third-order valence-electron chi connectivity index (χ3n) is 3.35. The maximum Gasteiger partial charge on any atom is 0.0548 e. The molecule has 0 amide bonds. The van der Waals surface area contributed by atoms with Gasteiger partial charge in [-0.2, -0.15) is 0 Å². The molecule has 0 aromatic heterocycles. The smallest absolute Gasteiger partial charge is 0.0548 e. The lowest BCUT2D eigenvalue weighted by atomic mass is 9.87. The number of nitrogens with one attached hydrogen (secondary N) is 1. The lowest BCUT2D eigenvalue weighted by molar-refractivity contribution is 0.0546. The molecule has 1 heterocycles. The molecule has 2 rings (SSSR count). The largest absolute Gasteiger partial charge is 0.381 e. The first kappa shape index (κ1) is 13.3. The van der Waals surface area contributed by atoms with Crippen LogP contribution in [0.4, 0.5) is 0 Å². The summed E-state index contributed by atoms with van der Waals surface area (Å²) in [4.78, 5) is 0. The summed E-state index contributed by atoms with van der Waals surface area (Å²) in [5.74, 6) is 0.641. The van der Waals surface area contributed by atoms with E-state index in [1.54, 1.807) is 0 Å². The third kappa shape index (κ3) is 3.22. The number of hydrogen-bond acceptors (Lipinski definition) is 2. The molecular weight excluding hydrogens is 302 g/mol. The molecular formula is C13H17BrClNO. The zero-order chi connectivity index (χ0) is 12.3. The topological polar surface area (TPSA) is 21.3 Å². The highest BCUT2D eigenvalue weighted by Crippen LogP contribution is 2.33. The van der Waals surface area contributed by atoms with Gasteiger partial charge in [-0.3, -0.25) is 0 Å². The molecule has 1 saturated heterocycles. The zero-order valence-corrected chi connectivity index (χ0v) is 12.2. The summed E-state index contributed by atoms with van der Waals surface area (Å²) in [5, 5.41) is 4.18. The van der Waals surface area contributed by atoms with Crippen molar-refractivity contribution in [2.24, 2.45) is 5.92 Å². The summed E-state index contributed by atoms with van der Waals surface area (Å²) in [6, 6.07) is 6.54. The summed E-state index contributed by atoms with van der Waals surface area (Å²) >= 11 is 9.51. The summed E-state index contributed by atoms with van der Waals surface area (Å²) in [6.07, 6.45) is 2.23. The fraction of sp³-hybridized carbons (Fsp3) is 0.538. The van der Waals surface area contributed by atoms with E-state index in [4.69, 9.17) is 16.3 Å². The summed E-state index contributed by atoms with van der Waals surface area (Å²) in [5.41, 5.74) is 1.29. The van der Waals surface area contributed by atoms with Crippen molar-refractivity contribution in [3.05, 3.63) is 33.3 Å². The van der Waals surface area contributed by atoms with Crippen LogP contribution in [0, 0.1) is 5.92 Å². The highest BCUT2D eigenvalue weighted by atomic mass is 79.9. The summed E-state index contributed by atoms with van der Waals surface area (Å²) in [7, 11) is 2.02. The van der Waals surface area contributed by atoms with Gasteiger partial charge in [-0.25, -0.2) is 0 Å². The van der Waals surface area contributed by atoms with Gasteiger partial charge in [0.25, 0.3) is 0 Å². The molecule has 4 heteroatoms. The monoisotopic (exact) mass is 317 g/mol. The Morgan fingerprint density at radius 1 is 1.41 bits per heavy atom. The molecule has 1 aliphatic rings. The lowest BCUT2D eigenvalue weighted by Crippen LogP contribution is -2.29. The van der Waals surface area contributed by atoms with E-state index in [1.807, 2.05) is 13.1 Å². The predicted molar refractivity (Wildman–Crippen MR) is 74.5 cm³/mol. The van der Waals surface area contributed by atoms with Crippen molar-refractivity contribution in [3.63, 3.8) is 0 Å². The minimum atomic E-state index is 0.382. The molecule has 1 aliphatic heterocycles. The highest BCUT2D eigenvalue weighted by molar-refractivity contribution is 9.10. The second kappa shape index (κ2) is 6.19. The Morgan fingerprint density at radius 2 is 2.12 bits per heavy atom. The zero-order valence-electron chi connectivity index (χ0n) is 9.88. The second-order valence-corrected chi connectivity index (χ2v) is 5.65. The van der Waals surface area contributed by atoms with Crippen LogP contribution in [-0.4, -0.2) is 20.3 Å². The molecule has 0 aliphatic carbocycles. The van der Waals surface area contributed by atoms with E-state index < -0.39 is 0 Å². The van der Waals surface area contributed by atoms with Gasteiger partial charge in [0.1, 0.15) is 0 Å². The number of ether oxygens (including phenoxy) is 1. The van der Waals surface area contributed by atoms with Crippen molar-refractivity contribution in [2.75, 3.05) is 20.3 Å². The van der Waals surface area contributed by atoms with Crippen LogP contribution in [0.5, 0.6) is 0 Å². The van der Waals surface area contributed by atoms with Crippen LogP contribution in [0.15, 0.2) is 22.7 Å². The maximum absolute atomic E-state index is 6.03. The maximum atomic E-state index is 6.03. The number of hydrogen-bond donors (Lipinski definition) is 1. The van der Waals surface area contributed by atoms with Crippen LogP contribution in [0.2, 0.25) is 5.02 Å². The van der Waals surface area contributed by atoms with Gasteiger partial charge in [-0.15, -0.1) is 0 Å². The van der Waals surface area contributed by atoms with E-state index in [1.165, 1.54) is 5.56 Å². The van der Waals surface area contributed by atoms with Crippen molar-refractivity contribution in [2.45, 2.75) is 18.9 Å². The molecule has 17 heavy (non-hydrogen) atoms. The van der Waals surface area contributed by atoms with E-state index in [0.29, 0.717) is 12.0 Å². The van der Waals surface area contributed by atoms with Crippen molar-refractivity contribution < 1.29 is 4.74 Å². The van der Waals surface area contributed by atoms with Gasteiger partial charge in [0.2, 0.25) is 0 Å². The molecule has 1 N–H and O–H groups in total. The predicted octanol–water partition coefficient (Wildman–Crippen LogP) is 3.79. The molecule has 1 unspecified atom stereocenters. The van der Waals surface area contributed by atoms with Gasteiger partial charge in [-0.1, -0.05) is 17.7 Å². The Labute approximate surface area is 116 Å². The Balaban J connectivity index is 2.18. The van der Waals surface area contributed by atoms with Gasteiger partial charge in [0, 0.05) is 23.7 Å². The van der Waals surface area contributed by atoms with Gasteiger partial charge >= 0.3 is 0 Å². The van der Waals surface area contributed by atoms with Crippen LogP contribution in [0.3, 0.4) is 0 Å². The van der Waals surface area contributed by atoms with Crippen LogP contribution in [-0.2, 0) is 4.74 Å². The molecule has 1 atom stereocenters. The van der Waals surface area contributed by atoms with Gasteiger partial charge < -0.3 is 10.1 Å². The molecule has 1 aromatic rings. The first-order chi connectivity index (χ1) is 8.22. The molecule has 0 spiro atoms. The van der Waals surface area contributed by atoms with Crippen molar-refractivity contribution in [1.29, 1.82) is 0 Å². The number of benzene rings is 1. The Hall–Kier alpha value is -0.0900. The third-order valence-corrected chi connectivity index (χ3v) is 4.57. The van der Waals surface area contributed by atoms with Gasteiger partial charge in [-0.05, 0) is 59.4 Å². The van der Waals surface area contributed by atoms with E-state index in [2.05, 4.69) is 33.4 Å². The van der Waals surface area contributed by atoms with Crippen molar-refractivity contribution >= 4 is 27.5 Å². The van der Waals surface area contributed by atoms with Crippen LogP contribution in [0.1, 0.15) is 24.4 Å². The first-order valence-corrected chi connectivity index (χ1v) is 7.09. The fourth-order valence-electron chi connectivity index (χ4n) is 2.43. The Bertz CT molecular complexity index is 380. The van der Waals surface area contributed by atoms with Crippen LogP contribution in [0.25, 0.3) is 0 Å². The Kier molecular flexibility index (Phi) is 4.86. The SMILES string of the molecule is CNC(c1ccc(Cl)c(Br)c1)C1CCOCC1. The van der Waals surface area contributed by atoms with Gasteiger partial charge in [0.05, 0.1) is 5.02 Å². The van der Waals surface area contributed by atoms with Crippen LogP contribution >= 0.6 is 27.5 Å². The van der Waals surface area contributed by atoms with Crippen molar-refractivity contribution in [3.8, 4) is 0 Å². The molecule has 0 radical (unpaired) electrons. The minimum absolute atomic E-state index is 0.382. The average molecular weight is 319 g/mol. The molecule has 2 nitrogen and oxygen atoms in total. The molecule has 0 saturated carbocycles. The highest BCUT2D eigenvalue weighted by Gasteiger charge is 2.24. The molecule has 1 aromatic carbocycles. The normalized spacial score (nSPS) is 19.2. The van der Waals surface area contributed by atoms with Crippen molar-refractivity contribution in [1.82, 2.24) is 5.32 Å². The molecule has 94 valence electrons. The Morgan fingerprint density at radius 3 is 2.71 bits per heavy atom. The minimum Gasteiger partial charge on any atom is -0.381 e. The summed E-state index contributed by atoms with van der Waals surface area (Å²) < 4.78 is 6.38. The number of rotatable bonds is 3. The fourth-order valence-corrected chi connectivity index (χ4v) is 2.94. The molecule has 1 fully saturated rings. The second-order valence-electron chi connectivity index (χ2n) is 4.39. The first-order valence-electron chi connectivity index (χ1n) is 5.92. The quantitative estimate of drug-likeness (QED) is 0.915. The van der Waals surface area contributed by atoms with E-state index in [-0.39, 0.29) is 0 Å². The average Bonchev–Trinajstić information content (AvgIpc) is 2.36. The van der Waals surface area contributed by atoms with E-state index >= 15 is 0 Å². The van der Waals surface area contributed by atoms with E-state index in [0.717, 1.165) is 35.6 Å². The van der Waals surface area contributed by atoms with Gasteiger partial charge in [0.15, 0.2) is 0 Å². The standard InChI is InChI=1S/C13H17BrClNO/c1-16-13(9-4-6-17-7-5-9)10-2-3-12(15)11(14)8-10/h2-3,8-9,13,16H,4-7H2,1H3.